The Kier molecular flexibility index (Phi) is 3.85. The van der Waals surface area contributed by atoms with Crippen LogP contribution in [0.5, 0.6) is 0 Å². The van der Waals surface area contributed by atoms with Crippen molar-refractivity contribution in [2.24, 2.45) is 0 Å². The van der Waals surface area contributed by atoms with Crippen LogP contribution in [-0.2, 0) is 13.2 Å². The average molecular weight is 323 g/mol. The van der Waals surface area contributed by atoms with E-state index in [1.807, 2.05) is 18.5 Å². The normalized spacial score (nSPS) is 14.7. The second-order valence-electron chi connectivity index (χ2n) is 5.71. The summed E-state index contributed by atoms with van der Waals surface area (Å²) >= 11 is 1.73. The Morgan fingerprint density at radius 1 is 1.17 bits per heavy atom. The lowest BCUT2D eigenvalue weighted by Gasteiger charge is -2.27. The van der Waals surface area contributed by atoms with Gasteiger partial charge in [0, 0.05) is 24.5 Å². The number of nitrogens with zero attached hydrogens (tertiary/aromatic N) is 5. The van der Waals surface area contributed by atoms with Gasteiger partial charge < -0.3 is 0 Å². The SMILES string of the molecule is Cc1cccc(-c2nnc3n2CN(Cc2cccnc2)CS3)c1. The molecule has 1 aliphatic heterocycles. The van der Waals surface area contributed by atoms with E-state index >= 15 is 0 Å². The van der Waals surface area contributed by atoms with Gasteiger partial charge in [-0.15, -0.1) is 10.2 Å². The number of pyridine rings is 1. The predicted molar refractivity (Wildman–Crippen MR) is 90.7 cm³/mol. The van der Waals surface area contributed by atoms with Gasteiger partial charge in [-0.1, -0.05) is 41.6 Å². The number of hydrogen-bond donors (Lipinski definition) is 0. The Balaban J connectivity index is 1.60. The molecule has 1 aliphatic rings. The molecule has 4 rings (SSSR count). The molecule has 0 spiro atoms. The predicted octanol–water partition coefficient (Wildman–Crippen LogP) is 3.17. The first kappa shape index (κ1) is 14.4. The summed E-state index contributed by atoms with van der Waals surface area (Å²) in [5, 5.41) is 9.73. The fraction of sp³-hybridized carbons (Fsp3) is 0.235. The summed E-state index contributed by atoms with van der Waals surface area (Å²) in [6.45, 7) is 3.78. The van der Waals surface area contributed by atoms with Crippen molar-refractivity contribution in [2.45, 2.75) is 25.3 Å². The second kappa shape index (κ2) is 6.14. The van der Waals surface area contributed by atoms with E-state index in [9.17, 15) is 0 Å². The van der Waals surface area contributed by atoms with Crippen LogP contribution in [0.4, 0.5) is 0 Å². The number of hydrogen-bond acceptors (Lipinski definition) is 5. The van der Waals surface area contributed by atoms with Crippen molar-refractivity contribution in [1.29, 1.82) is 0 Å². The van der Waals surface area contributed by atoms with Crippen LogP contribution in [0.1, 0.15) is 11.1 Å². The maximum absolute atomic E-state index is 4.40. The van der Waals surface area contributed by atoms with Gasteiger partial charge in [-0.3, -0.25) is 14.5 Å². The molecule has 116 valence electrons. The van der Waals surface area contributed by atoms with Crippen molar-refractivity contribution in [3.05, 3.63) is 59.9 Å². The third kappa shape index (κ3) is 3.00. The quantitative estimate of drug-likeness (QED) is 0.741. The molecule has 1 aromatic carbocycles. The highest BCUT2D eigenvalue weighted by atomic mass is 32.2. The second-order valence-corrected chi connectivity index (χ2v) is 6.62. The van der Waals surface area contributed by atoms with Gasteiger partial charge in [0.05, 0.1) is 12.5 Å². The van der Waals surface area contributed by atoms with E-state index in [-0.39, 0.29) is 0 Å². The highest BCUT2D eigenvalue weighted by molar-refractivity contribution is 7.99. The Morgan fingerprint density at radius 2 is 2.13 bits per heavy atom. The van der Waals surface area contributed by atoms with E-state index in [4.69, 9.17) is 0 Å². The third-order valence-electron chi connectivity index (χ3n) is 3.84. The Hall–Kier alpha value is -2.18. The Bertz CT molecular complexity index is 815. The van der Waals surface area contributed by atoms with Crippen molar-refractivity contribution in [3.63, 3.8) is 0 Å². The highest BCUT2D eigenvalue weighted by Gasteiger charge is 2.22. The number of rotatable bonds is 3. The summed E-state index contributed by atoms with van der Waals surface area (Å²) in [6, 6.07) is 12.5. The lowest BCUT2D eigenvalue weighted by Crippen LogP contribution is -2.30. The van der Waals surface area contributed by atoms with Gasteiger partial charge in [-0.2, -0.15) is 0 Å². The van der Waals surface area contributed by atoms with Crippen LogP contribution in [-0.4, -0.2) is 30.5 Å². The highest BCUT2D eigenvalue weighted by Crippen LogP contribution is 2.29. The van der Waals surface area contributed by atoms with Gasteiger partial charge in [0.2, 0.25) is 0 Å². The third-order valence-corrected chi connectivity index (χ3v) is 4.89. The summed E-state index contributed by atoms with van der Waals surface area (Å²) in [5.41, 5.74) is 3.57. The lowest BCUT2D eigenvalue weighted by atomic mass is 10.1. The number of fused-ring (bicyclic) bond motifs is 1. The first-order valence-electron chi connectivity index (χ1n) is 7.54. The summed E-state index contributed by atoms with van der Waals surface area (Å²) < 4.78 is 2.19. The molecule has 0 aliphatic carbocycles. The summed E-state index contributed by atoms with van der Waals surface area (Å²) in [5.74, 6) is 1.85. The van der Waals surface area contributed by atoms with Crippen LogP contribution >= 0.6 is 11.8 Å². The standard InChI is InChI=1S/C17H17N5S/c1-13-4-2-6-15(8-13)16-19-20-17-22(16)11-21(12-23-17)10-14-5-3-7-18-9-14/h2-9H,10-12H2,1H3. The minimum Gasteiger partial charge on any atom is -0.288 e. The van der Waals surface area contributed by atoms with E-state index in [0.29, 0.717) is 0 Å². The maximum atomic E-state index is 4.40. The van der Waals surface area contributed by atoms with Crippen molar-refractivity contribution < 1.29 is 0 Å². The molecule has 0 atom stereocenters. The van der Waals surface area contributed by atoms with E-state index in [0.717, 1.165) is 35.6 Å². The van der Waals surface area contributed by atoms with Gasteiger partial charge in [0.15, 0.2) is 11.0 Å². The van der Waals surface area contributed by atoms with Crippen LogP contribution in [0, 0.1) is 6.92 Å². The number of benzene rings is 1. The summed E-state index contributed by atoms with van der Waals surface area (Å²) in [4.78, 5) is 6.57. The van der Waals surface area contributed by atoms with E-state index in [1.165, 1.54) is 11.1 Å². The topological polar surface area (TPSA) is 46.8 Å². The zero-order valence-corrected chi connectivity index (χ0v) is 13.7. The largest absolute Gasteiger partial charge is 0.288 e. The zero-order chi connectivity index (χ0) is 15.6. The summed E-state index contributed by atoms with van der Waals surface area (Å²) in [6.07, 6.45) is 3.73. The molecule has 0 amide bonds. The van der Waals surface area contributed by atoms with Gasteiger partial charge >= 0.3 is 0 Å². The Labute approximate surface area is 139 Å². The molecule has 5 nitrogen and oxygen atoms in total. The Morgan fingerprint density at radius 3 is 2.96 bits per heavy atom. The molecule has 3 aromatic rings. The van der Waals surface area contributed by atoms with Gasteiger partial charge in [-0.25, -0.2) is 0 Å². The summed E-state index contributed by atoms with van der Waals surface area (Å²) in [7, 11) is 0. The number of thioether (sulfide) groups is 1. The molecular formula is C17H17N5S. The first-order chi connectivity index (χ1) is 11.3. The van der Waals surface area contributed by atoms with Gasteiger partial charge in [0.1, 0.15) is 0 Å². The molecule has 0 saturated carbocycles. The molecule has 0 saturated heterocycles. The van der Waals surface area contributed by atoms with Crippen molar-refractivity contribution in [3.8, 4) is 11.4 Å². The van der Waals surface area contributed by atoms with Crippen molar-refractivity contribution >= 4 is 11.8 Å². The van der Waals surface area contributed by atoms with Crippen molar-refractivity contribution in [2.75, 3.05) is 5.88 Å². The van der Waals surface area contributed by atoms with Crippen LogP contribution in [0.25, 0.3) is 11.4 Å². The fourth-order valence-corrected chi connectivity index (χ4v) is 3.63. The monoisotopic (exact) mass is 323 g/mol. The van der Waals surface area contributed by atoms with E-state index < -0.39 is 0 Å². The van der Waals surface area contributed by atoms with Crippen LogP contribution < -0.4 is 0 Å². The van der Waals surface area contributed by atoms with Crippen LogP contribution in [0.15, 0.2) is 53.9 Å². The number of aromatic nitrogens is 4. The van der Waals surface area contributed by atoms with E-state index in [2.05, 4.69) is 61.9 Å². The molecule has 0 fully saturated rings. The maximum Gasteiger partial charge on any atom is 0.193 e. The fourth-order valence-electron chi connectivity index (χ4n) is 2.76. The minimum atomic E-state index is 0.799. The molecule has 2 aromatic heterocycles. The molecule has 23 heavy (non-hydrogen) atoms. The van der Waals surface area contributed by atoms with Crippen LogP contribution in [0.3, 0.4) is 0 Å². The van der Waals surface area contributed by atoms with E-state index in [1.54, 1.807) is 11.8 Å². The molecule has 6 heteroatoms. The molecule has 0 N–H and O–H groups in total. The molecule has 0 bridgehead atoms. The first-order valence-corrected chi connectivity index (χ1v) is 8.52. The lowest BCUT2D eigenvalue weighted by molar-refractivity contribution is 0.231. The van der Waals surface area contributed by atoms with Gasteiger partial charge in [-0.05, 0) is 24.6 Å². The average Bonchev–Trinajstić information content (AvgIpc) is 2.99. The molecular weight excluding hydrogens is 306 g/mol. The van der Waals surface area contributed by atoms with Crippen molar-refractivity contribution in [1.82, 2.24) is 24.6 Å². The molecule has 0 unspecified atom stereocenters. The molecule has 3 heterocycles. The van der Waals surface area contributed by atoms with Gasteiger partial charge in [0.25, 0.3) is 0 Å². The van der Waals surface area contributed by atoms with Crippen LogP contribution in [0.2, 0.25) is 0 Å². The molecule has 0 radical (unpaired) electrons. The zero-order valence-electron chi connectivity index (χ0n) is 12.9. The number of aryl methyl sites for hydroxylation is 1. The minimum absolute atomic E-state index is 0.799. The smallest absolute Gasteiger partial charge is 0.193 e.